The molecule has 1 aliphatic rings. The molecule has 0 saturated carbocycles. The lowest BCUT2D eigenvalue weighted by atomic mass is 10.2. The van der Waals surface area contributed by atoms with Gasteiger partial charge in [0.1, 0.15) is 0 Å². The fourth-order valence-corrected chi connectivity index (χ4v) is 2.17. The van der Waals surface area contributed by atoms with Gasteiger partial charge in [0.05, 0.1) is 0 Å². The molecular weight excluding hydrogens is 242 g/mol. The Kier molecular flexibility index (Phi) is 6.84. The molecule has 0 aromatic carbocycles. The van der Waals surface area contributed by atoms with Crippen molar-refractivity contribution in [1.29, 1.82) is 0 Å². The topological polar surface area (TPSA) is 43.9 Å². The number of carbonyl (C=O) groups excluding carboxylic acids is 2. The highest BCUT2D eigenvalue weighted by molar-refractivity contribution is 5.78. The van der Waals surface area contributed by atoms with Gasteiger partial charge in [-0.05, 0) is 20.5 Å². The average molecular weight is 269 g/mol. The molecule has 2 amide bonds. The number of carbonyl (C=O) groups is 2. The van der Waals surface area contributed by atoms with Crippen molar-refractivity contribution >= 4 is 11.8 Å². The quantitative estimate of drug-likeness (QED) is 0.716. The highest BCUT2D eigenvalue weighted by atomic mass is 16.2. The summed E-state index contributed by atoms with van der Waals surface area (Å²) in [5.41, 5.74) is 0. The zero-order valence-electron chi connectivity index (χ0n) is 12.5. The number of rotatable bonds is 6. The van der Waals surface area contributed by atoms with Crippen LogP contribution in [0.5, 0.6) is 0 Å². The van der Waals surface area contributed by atoms with E-state index in [-0.39, 0.29) is 11.8 Å². The molecule has 0 radical (unpaired) electrons. The Hall–Kier alpha value is -1.10. The lowest BCUT2D eigenvalue weighted by molar-refractivity contribution is -0.139. The Morgan fingerprint density at radius 2 is 1.42 bits per heavy atom. The van der Waals surface area contributed by atoms with E-state index in [2.05, 4.69) is 6.92 Å². The third kappa shape index (κ3) is 5.59. The molecule has 5 heteroatoms. The van der Waals surface area contributed by atoms with Crippen molar-refractivity contribution < 1.29 is 9.59 Å². The van der Waals surface area contributed by atoms with Crippen molar-refractivity contribution in [3.8, 4) is 0 Å². The minimum absolute atomic E-state index is 0.203. The maximum atomic E-state index is 11.9. The fraction of sp³-hybridized carbons (Fsp3) is 0.857. The molecule has 1 rings (SSSR count). The highest BCUT2D eigenvalue weighted by Gasteiger charge is 2.23. The number of amides is 2. The lowest BCUT2D eigenvalue weighted by Gasteiger charge is -2.35. The van der Waals surface area contributed by atoms with Gasteiger partial charge in [0.2, 0.25) is 11.8 Å². The van der Waals surface area contributed by atoms with Crippen molar-refractivity contribution in [3.05, 3.63) is 0 Å². The van der Waals surface area contributed by atoms with Crippen molar-refractivity contribution in [2.45, 2.75) is 32.6 Å². The second-order valence-electron chi connectivity index (χ2n) is 5.42. The molecule has 1 saturated heterocycles. The molecule has 110 valence electrons. The van der Waals surface area contributed by atoms with E-state index in [0.717, 1.165) is 19.4 Å². The molecule has 1 fully saturated rings. The SMILES string of the molecule is CCCCC(=O)N1CCN(C(=O)CCN(C)C)CC1. The standard InChI is InChI=1S/C14H27N3O2/c1-4-5-6-13(18)16-9-11-17(12-10-16)14(19)7-8-15(2)3/h4-12H2,1-3H3. The first kappa shape index (κ1) is 16.0. The van der Waals surface area contributed by atoms with E-state index in [9.17, 15) is 9.59 Å². The third-order valence-electron chi connectivity index (χ3n) is 3.50. The van der Waals surface area contributed by atoms with Crippen LogP contribution < -0.4 is 0 Å². The van der Waals surface area contributed by atoms with Gasteiger partial charge in [-0.1, -0.05) is 13.3 Å². The van der Waals surface area contributed by atoms with E-state index in [1.165, 1.54) is 0 Å². The molecular formula is C14H27N3O2. The fourth-order valence-electron chi connectivity index (χ4n) is 2.17. The normalized spacial score (nSPS) is 16.0. The Labute approximate surface area is 116 Å². The van der Waals surface area contributed by atoms with Crippen molar-refractivity contribution in [3.63, 3.8) is 0 Å². The smallest absolute Gasteiger partial charge is 0.223 e. The first-order valence-electron chi connectivity index (χ1n) is 7.25. The van der Waals surface area contributed by atoms with Gasteiger partial charge in [0.15, 0.2) is 0 Å². The molecule has 19 heavy (non-hydrogen) atoms. The molecule has 0 aliphatic carbocycles. The predicted molar refractivity (Wildman–Crippen MR) is 75.9 cm³/mol. The van der Waals surface area contributed by atoms with Crippen LogP contribution in [-0.4, -0.2) is 73.3 Å². The molecule has 0 N–H and O–H groups in total. The second-order valence-corrected chi connectivity index (χ2v) is 5.42. The Morgan fingerprint density at radius 1 is 0.947 bits per heavy atom. The first-order chi connectivity index (χ1) is 9.04. The molecule has 0 spiro atoms. The molecule has 5 nitrogen and oxygen atoms in total. The van der Waals surface area contributed by atoms with Crippen LogP contribution in [0.2, 0.25) is 0 Å². The molecule has 0 atom stereocenters. The Bertz CT molecular complexity index is 297. The maximum absolute atomic E-state index is 11.9. The maximum Gasteiger partial charge on any atom is 0.223 e. The summed E-state index contributed by atoms with van der Waals surface area (Å²) in [6.45, 7) is 5.63. The van der Waals surface area contributed by atoms with E-state index in [1.54, 1.807) is 0 Å². The number of hydrogen-bond donors (Lipinski definition) is 0. The minimum Gasteiger partial charge on any atom is -0.339 e. The highest BCUT2D eigenvalue weighted by Crippen LogP contribution is 2.07. The van der Waals surface area contributed by atoms with Gasteiger partial charge < -0.3 is 14.7 Å². The Balaban J connectivity index is 2.28. The summed E-state index contributed by atoms with van der Waals surface area (Å²) >= 11 is 0. The van der Waals surface area contributed by atoms with Crippen LogP contribution in [-0.2, 0) is 9.59 Å². The van der Waals surface area contributed by atoms with Gasteiger partial charge in [-0.3, -0.25) is 9.59 Å². The van der Waals surface area contributed by atoms with Crippen LogP contribution in [0.25, 0.3) is 0 Å². The zero-order valence-corrected chi connectivity index (χ0v) is 12.5. The van der Waals surface area contributed by atoms with Gasteiger partial charge in [0.25, 0.3) is 0 Å². The molecule has 0 aromatic heterocycles. The van der Waals surface area contributed by atoms with Crippen LogP contribution in [0.1, 0.15) is 32.6 Å². The average Bonchev–Trinajstić information content (AvgIpc) is 2.42. The number of piperazine rings is 1. The van der Waals surface area contributed by atoms with Gasteiger partial charge in [0, 0.05) is 45.6 Å². The van der Waals surface area contributed by atoms with Crippen LogP contribution in [0.4, 0.5) is 0 Å². The molecule has 0 bridgehead atoms. The van der Waals surface area contributed by atoms with Crippen molar-refractivity contribution in [2.24, 2.45) is 0 Å². The number of unbranched alkanes of at least 4 members (excludes halogenated alkanes) is 1. The summed E-state index contributed by atoms with van der Waals surface area (Å²) in [5, 5.41) is 0. The van der Waals surface area contributed by atoms with E-state index in [0.29, 0.717) is 39.0 Å². The van der Waals surface area contributed by atoms with Crippen molar-refractivity contribution in [2.75, 3.05) is 46.8 Å². The largest absolute Gasteiger partial charge is 0.339 e. The summed E-state index contributed by atoms with van der Waals surface area (Å²) in [5.74, 6) is 0.441. The van der Waals surface area contributed by atoms with E-state index in [4.69, 9.17) is 0 Å². The second kappa shape index (κ2) is 8.15. The Morgan fingerprint density at radius 3 is 1.84 bits per heavy atom. The summed E-state index contributed by atoms with van der Waals surface area (Å²) < 4.78 is 0. The van der Waals surface area contributed by atoms with E-state index >= 15 is 0 Å². The van der Waals surface area contributed by atoms with Crippen LogP contribution in [0.3, 0.4) is 0 Å². The summed E-state index contributed by atoms with van der Waals surface area (Å²) in [6.07, 6.45) is 3.22. The van der Waals surface area contributed by atoms with Gasteiger partial charge in [-0.15, -0.1) is 0 Å². The van der Waals surface area contributed by atoms with Crippen LogP contribution in [0, 0.1) is 0 Å². The zero-order chi connectivity index (χ0) is 14.3. The van der Waals surface area contributed by atoms with Crippen LogP contribution >= 0.6 is 0 Å². The molecule has 1 aliphatic heterocycles. The van der Waals surface area contributed by atoms with Crippen molar-refractivity contribution in [1.82, 2.24) is 14.7 Å². The number of nitrogens with zero attached hydrogens (tertiary/aromatic N) is 3. The lowest BCUT2D eigenvalue weighted by Crippen LogP contribution is -2.50. The predicted octanol–water partition coefficient (Wildman–Crippen LogP) is 0.799. The van der Waals surface area contributed by atoms with E-state index in [1.807, 2.05) is 28.8 Å². The molecule has 1 heterocycles. The number of hydrogen-bond acceptors (Lipinski definition) is 3. The third-order valence-corrected chi connectivity index (χ3v) is 3.50. The monoisotopic (exact) mass is 269 g/mol. The van der Waals surface area contributed by atoms with Gasteiger partial charge >= 0.3 is 0 Å². The summed E-state index contributed by atoms with van der Waals surface area (Å²) in [6, 6.07) is 0. The van der Waals surface area contributed by atoms with E-state index < -0.39 is 0 Å². The molecule has 0 unspecified atom stereocenters. The summed E-state index contributed by atoms with van der Waals surface area (Å²) in [4.78, 5) is 29.6. The summed E-state index contributed by atoms with van der Waals surface area (Å²) in [7, 11) is 3.94. The first-order valence-corrected chi connectivity index (χ1v) is 7.25. The molecule has 0 aromatic rings. The van der Waals surface area contributed by atoms with Crippen LogP contribution in [0.15, 0.2) is 0 Å². The van der Waals surface area contributed by atoms with Gasteiger partial charge in [-0.25, -0.2) is 0 Å². The minimum atomic E-state index is 0.203. The van der Waals surface area contributed by atoms with Gasteiger partial charge in [-0.2, -0.15) is 0 Å².